The highest BCUT2D eigenvalue weighted by Crippen LogP contribution is 2.53. The average molecular weight is 587 g/mol. The summed E-state index contributed by atoms with van der Waals surface area (Å²) in [7, 11) is 0. The maximum atomic E-state index is 11.4. The van der Waals surface area contributed by atoms with E-state index in [0.29, 0.717) is 11.1 Å². The molecule has 1 aliphatic carbocycles. The highest BCUT2D eigenvalue weighted by atomic mass is 16.3. The Morgan fingerprint density at radius 2 is 1.05 bits per heavy atom. The van der Waals surface area contributed by atoms with Gasteiger partial charge in [0.25, 0.3) is 0 Å². The molecule has 6 rings (SSSR count). The third-order valence-electron chi connectivity index (χ3n) is 8.85. The Balaban J connectivity index is 1.33. The fourth-order valence-corrected chi connectivity index (χ4v) is 6.53. The van der Waals surface area contributed by atoms with Crippen LogP contribution in [0.5, 0.6) is 11.5 Å². The fourth-order valence-electron chi connectivity index (χ4n) is 6.53. The molecule has 1 fully saturated rings. The number of nitrogens with zero attached hydrogens (tertiary/aromatic N) is 2. The first-order chi connectivity index (χ1) is 21.4. The van der Waals surface area contributed by atoms with E-state index in [-0.39, 0.29) is 11.5 Å². The number of benzene rings is 5. The minimum absolute atomic E-state index is 0.0109. The molecule has 0 bridgehead atoms. The van der Waals surface area contributed by atoms with Crippen LogP contribution in [0.15, 0.2) is 121 Å². The lowest BCUT2D eigenvalue weighted by molar-refractivity contribution is -0.0797. The van der Waals surface area contributed by atoms with E-state index in [1.807, 2.05) is 72.8 Å². The van der Waals surface area contributed by atoms with E-state index < -0.39 is 24.0 Å². The number of aliphatic hydroxyl groups is 2. The number of anilines is 4. The van der Waals surface area contributed by atoms with Crippen molar-refractivity contribution in [2.45, 2.75) is 37.9 Å². The molecule has 0 spiro atoms. The lowest BCUT2D eigenvalue weighted by atomic mass is 9.63. The van der Waals surface area contributed by atoms with Crippen LogP contribution in [0, 0.1) is 0 Å². The van der Waals surface area contributed by atoms with Crippen LogP contribution >= 0.6 is 0 Å². The van der Waals surface area contributed by atoms with Crippen molar-refractivity contribution >= 4 is 22.7 Å². The second kappa shape index (κ2) is 12.4. The minimum atomic E-state index is -0.976. The van der Waals surface area contributed by atoms with Gasteiger partial charge in [0, 0.05) is 70.8 Å². The van der Waals surface area contributed by atoms with Gasteiger partial charge in [-0.3, -0.25) is 0 Å². The molecule has 0 aromatic heterocycles. The second-order valence-corrected chi connectivity index (χ2v) is 11.2. The van der Waals surface area contributed by atoms with Gasteiger partial charge in [-0.1, -0.05) is 78.9 Å². The van der Waals surface area contributed by atoms with Gasteiger partial charge in [0.2, 0.25) is 0 Å². The third kappa shape index (κ3) is 5.27. The lowest BCUT2D eigenvalue weighted by Crippen LogP contribution is -2.51. The summed E-state index contributed by atoms with van der Waals surface area (Å²) >= 11 is 0. The monoisotopic (exact) mass is 586 g/mol. The fraction of sp³-hybridized carbons (Fsp3) is 0.211. The molecule has 0 aliphatic heterocycles. The molecule has 0 saturated heterocycles. The molecule has 2 unspecified atom stereocenters. The standard InChI is InChI=1S/C38H38N2O4/c1-3-39(4-2)27-19-21-30(33(41)23-27)35-37(43)36(38(35)44)31-22-20-28(24-34(31)42)40(26-15-9-6-10-16-26)32-18-12-11-17-29(32)25-13-7-5-8-14-25/h5-24,35-38,41-44H,3-4H2,1-2H3. The number of aliphatic hydroxyl groups excluding tert-OH is 2. The van der Waals surface area contributed by atoms with E-state index in [9.17, 15) is 20.4 Å². The number of aromatic hydroxyl groups is 2. The normalized spacial score (nSPS) is 19.3. The average Bonchev–Trinajstić information content (AvgIpc) is 3.05. The molecule has 5 aromatic carbocycles. The topological polar surface area (TPSA) is 87.4 Å². The Hall–Kier alpha value is -4.78. The molecule has 6 nitrogen and oxygen atoms in total. The molecule has 2 atom stereocenters. The highest BCUT2D eigenvalue weighted by molar-refractivity contribution is 5.88. The van der Waals surface area contributed by atoms with Crippen LogP contribution in [0.4, 0.5) is 22.7 Å². The third-order valence-corrected chi connectivity index (χ3v) is 8.85. The van der Waals surface area contributed by atoms with Gasteiger partial charge in [0.1, 0.15) is 11.5 Å². The van der Waals surface area contributed by atoms with Crippen LogP contribution in [0.2, 0.25) is 0 Å². The zero-order valence-corrected chi connectivity index (χ0v) is 25.0. The van der Waals surface area contributed by atoms with Crippen molar-refractivity contribution in [1.29, 1.82) is 0 Å². The Morgan fingerprint density at radius 3 is 1.61 bits per heavy atom. The van der Waals surface area contributed by atoms with Crippen molar-refractivity contribution in [1.82, 2.24) is 0 Å². The molecule has 6 heteroatoms. The van der Waals surface area contributed by atoms with E-state index in [1.54, 1.807) is 24.3 Å². The maximum Gasteiger partial charge on any atom is 0.121 e. The van der Waals surface area contributed by atoms with Crippen molar-refractivity contribution in [3.8, 4) is 22.6 Å². The lowest BCUT2D eigenvalue weighted by Gasteiger charge is -2.47. The summed E-state index contributed by atoms with van der Waals surface area (Å²) in [6.07, 6.45) is -1.95. The summed E-state index contributed by atoms with van der Waals surface area (Å²) in [5.41, 5.74) is 6.59. The van der Waals surface area contributed by atoms with Crippen LogP contribution in [-0.2, 0) is 0 Å². The number of rotatable bonds is 9. The Bertz CT molecular complexity index is 1710. The largest absolute Gasteiger partial charge is 0.508 e. The van der Waals surface area contributed by atoms with Gasteiger partial charge < -0.3 is 30.2 Å². The predicted octanol–water partition coefficient (Wildman–Crippen LogP) is 7.68. The number of phenols is 2. The van der Waals surface area contributed by atoms with Gasteiger partial charge in [-0.05, 0) is 49.7 Å². The van der Waals surface area contributed by atoms with Gasteiger partial charge >= 0.3 is 0 Å². The Labute approximate surface area is 258 Å². The van der Waals surface area contributed by atoms with Crippen molar-refractivity contribution in [2.24, 2.45) is 0 Å². The summed E-state index contributed by atoms with van der Waals surface area (Å²) in [5, 5.41) is 44.7. The van der Waals surface area contributed by atoms with E-state index >= 15 is 0 Å². The van der Waals surface area contributed by atoms with Crippen LogP contribution in [0.3, 0.4) is 0 Å². The number of para-hydroxylation sites is 2. The Morgan fingerprint density at radius 1 is 0.545 bits per heavy atom. The molecule has 1 saturated carbocycles. The number of phenolic OH excluding ortho intramolecular Hbond substituents is 2. The van der Waals surface area contributed by atoms with Crippen molar-refractivity contribution in [3.63, 3.8) is 0 Å². The van der Waals surface area contributed by atoms with E-state index in [2.05, 4.69) is 47.9 Å². The summed E-state index contributed by atoms with van der Waals surface area (Å²) in [4.78, 5) is 4.22. The van der Waals surface area contributed by atoms with Crippen molar-refractivity contribution in [3.05, 3.63) is 132 Å². The first kappa shape index (κ1) is 29.3. The number of hydrogen-bond acceptors (Lipinski definition) is 6. The molecule has 0 amide bonds. The molecule has 0 heterocycles. The molecule has 5 aromatic rings. The summed E-state index contributed by atoms with van der Waals surface area (Å²) < 4.78 is 0. The van der Waals surface area contributed by atoms with E-state index in [4.69, 9.17) is 0 Å². The van der Waals surface area contributed by atoms with Gasteiger partial charge in [0.05, 0.1) is 17.9 Å². The van der Waals surface area contributed by atoms with Crippen molar-refractivity contribution in [2.75, 3.05) is 22.9 Å². The predicted molar refractivity (Wildman–Crippen MR) is 177 cm³/mol. The zero-order chi connectivity index (χ0) is 30.8. The van der Waals surface area contributed by atoms with Gasteiger partial charge in [-0.2, -0.15) is 0 Å². The molecular weight excluding hydrogens is 548 g/mol. The first-order valence-electron chi connectivity index (χ1n) is 15.2. The second-order valence-electron chi connectivity index (χ2n) is 11.2. The Kier molecular flexibility index (Phi) is 8.29. The zero-order valence-electron chi connectivity index (χ0n) is 25.0. The minimum Gasteiger partial charge on any atom is -0.508 e. The summed E-state index contributed by atoms with van der Waals surface area (Å²) in [5.74, 6) is -1.32. The van der Waals surface area contributed by atoms with Gasteiger partial charge in [-0.25, -0.2) is 0 Å². The van der Waals surface area contributed by atoms with Crippen LogP contribution in [-0.4, -0.2) is 45.7 Å². The van der Waals surface area contributed by atoms with E-state index in [0.717, 1.165) is 47.0 Å². The van der Waals surface area contributed by atoms with Gasteiger partial charge in [-0.15, -0.1) is 0 Å². The molecule has 0 radical (unpaired) electrons. The summed E-state index contributed by atoms with van der Waals surface area (Å²) in [6, 6.07) is 39.1. The van der Waals surface area contributed by atoms with Gasteiger partial charge in [0.15, 0.2) is 0 Å². The molecule has 1 aliphatic rings. The molecule has 224 valence electrons. The van der Waals surface area contributed by atoms with Crippen LogP contribution < -0.4 is 9.80 Å². The van der Waals surface area contributed by atoms with Crippen LogP contribution in [0.25, 0.3) is 11.1 Å². The quantitative estimate of drug-likeness (QED) is 0.142. The highest BCUT2D eigenvalue weighted by Gasteiger charge is 2.52. The maximum absolute atomic E-state index is 11.4. The first-order valence-corrected chi connectivity index (χ1v) is 15.2. The SMILES string of the molecule is CCN(CC)c1ccc(C2C(O)C(c3ccc(N(c4ccccc4)c4ccccc4-c4ccccc4)cc3O)C2O)c(O)c1. The molecule has 44 heavy (non-hydrogen) atoms. The van der Waals surface area contributed by atoms with E-state index in [1.165, 1.54) is 0 Å². The molecular formula is C38H38N2O4. The van der Waals surface area contributed by atoms with Crippen molar-refractivity contribution < 1.29 is 20.4 Å². The smallest absolute Gasteiger partial charge is 0.121 e. The summed E-state index contributed by atoms with van der Waals surface area (Å²) in [6.45, 7) is 5.72. The number of hydrogen-bond donors (Lipinski definition) is 4. The molecule has 4 N–H and O–H groups in total. The van der Waals surface area contributed by atoms with Crippen LogP contribution in [0.1, 0.15) is 36.8 Å².